The van der Waals surface area contributed by atoms with Gasteiger partial charge in [-0.3, -0.25) is 9.36 Å². The summed E-state index contributed by atoms with van der Waals surface area (Å²) in [4.78, 5) is 24.1. The van der Waals surface area contributed by atoms with Gasteiger partial charge in [0.2, 0.25) is 0 Å². The summed E-state index contributed by atoms with van der Waals surface area (Å²) in [5, 5.41) is 10.4. The first-order valence-corrected chi connectivity index (χ1v) is 8.33. The number of carbonyl (C=O) groups excluding carboxylic acids is 1. The molecule has 1 amide bonds. The standard InChI is InChI=1S/C16H23N5O3/c1-3-20-14(11-5-4-8-18-9-11)19-21(16(20)23)10-12-6-7-13(24-12)15(22)17-2/h6-7,11,18H,3-5,8-10H2,1-2H3,(H,17,22)/t11-/m1/s1. The third-order valence-electron chi connectivity index (χ3n) is 4.35. The topological polar surface area (TPSA) is 94.1 Å². The molecule has 8 nitrogen and oxygen atoms in total. The van der Waals surface area contributed by atoms with E-state index in [1.54, 1.807) is 23.7 Å². The lowest BCUT2D eigenvalue weighted by molar-refractivity contribution is 0.0933. The van der Waals surface area contributed by atoms with Crippen molar-refractivity contribution in [2.24, 2.45) is 0 Å². The van der Waals surface area contributed by atoms with Crippen molar-refractivity contribution < 1.29 is 9.21 Å². The van der Waals surface area contributed by atoms with Crippen LogP contribution in [0.3, 0.4) is 0 Å². The first kappa shape index (κ1) is 16.5. The van der Waals surface area contributed by atoms with Gasteiger partial charge in [0.1, 0.15) is 18.1 Å². The number of hydrogen-bond acceptors (Lipinski definition) is 5. The van der Waals surface area contributed by atoms with E-state index in [0.29, 0.717) is 12.3 Å². The molecule has 0 aliphatic carbocycles. The van der Waals surface area contributed by atoms with E-state index in [1.165, 1.54) is 4.68 Å². The van der Waals surface area contributed by atoms with Gasteiger partial charge in [-0.1, -0.05) is 0 Å². The van der Waals surface area contributed by atoms with Crippen LogP contribution < -0.4 is 16.3 Å². The molecule has 1 saturated heterocycles. The average molecular weight is 333 g/mol. The molecule has 0 saturated carbocycles. The van der Waals surface area contributed by atoms with E-state index in [-0.39, 0.29) is 29.8 Å². The fourth-order valence-electron chi connectivity index (χ4n) is 3.09. The van der Waals surface area contributed by atoms with Crippen LogP contribution in [0.1, 0.15) is 47.8 Å². The quantitative estimate of drug-likeness (QED) is 0.832. The van der Waals surface area contributed by atoms with Crippen molar-refractivity contribution in [2.75, 3.05) is 20.1 Å². The van der Waals surface area contributed by atoms with Crippen LogP contribution in [0.25, 0.3) is 0 Å². The highest BCUT2D eigenvalue weighted by Crippen LogP contribution is 2.20. The number of hydrogen-bond donors (Lipinski definition) is 2. The molecule has 0 aromatic carbocycles. The van der Waals surface area contributed by atoms with E-state index in [1.807, 2.05) is 6.92 Å². The summed E-state index contributed by atoms with van der Waals surface area (Å²) in [7, 11) is 1.54. The molecule has 2 N–H and O–H groups in total. The Kier molecular flexibility index (Phi) is 4.84. The summed E-state index contributed by atoms with van der Waals surface area (Å²) >= 11 is 0. The van der Waals surface area contributed by atoms with E-state index in [0.717, 1.165) is 31.8 Å². The molecule has 24 heavy (non-hydrogen) atoms. The number of nitrogens with one attached hydrogen (secondary N) is 2. The van der Waals surface area contributed by atoms with Crippen molar-refractivity contribution in [3.8, 4) is 0 Å². The van der Waals surface area contributed by atoms with Crippen LogP contribution in [0.5, 0.6) is 0 Å². The zero-order valence-electron chi connectivity index (χ0n) is 14.0. The van der Waals surface area contributed by atoms with Gasteiger partial charge in [0.25, 0.3) is 5.91 Å². The van der Waals surface area contributed by atoms with Crippen molar-refractivity contribution in [2.45, 2.75) is 38.8 Å². The van der Waals surface area contributed by atoms with Crippen LogP contribution in [-0.2, 0) is 13.1 Å². The summed E-state index contributed by atoms with van der Waals surface area (Å²) in [6.45, 7) is 4.62. The van der Waals surface area contributed by atoms with Gasteiger partial charge in [-0.25, -0.2) is 9.48 Å². The number of furan rings is 1. The molecular weight excluding hydrogens is 310 g/mol. The van der Waals surface area contributed by atoms with E-state index in [9.17, 15) is 9.59 Å². The van der Waals surface area contributed by atoms with E-state index >= 15 is 0 Å². The third-order valence-corrected chi connectivity index (χ3v) is 4.35. The van der Waals surface area contributed by atoms with Crippen LogP contribution in [0, 0.1) is 0 Å². The first-order valence-electron chi connectivity index (χ1n) is 8.33. The largest absolute Gasteiger partial charge is 0.454 e. The lowest BCUT2D eigenvalue weighted by Gasteiger charge is -2.21. The van der Waals surface area contributed by atoms with Crippen molar-refractivity contribution in [3.63, 3.8) is 0 Å². The van der Waals surface area contributed by atoms with Gasteiger partial charge >= 0.3 is 5.69 Å². The fourth-order valence-corrected chi connectivity index (χ4v) is 3.09. The summed E-state index contributed by atoms with van der Waals surface area (Å²) in [5.74, 6) is 1.55. The Hall–Kier alpha value is -2.35. The minimum Gasteiger partial charge on any atom is -0.454 e. The lowest BCUT2D eigenvalue weighted by Crippen LogP contribution is -2.31. The highest BCUT2D eigenvalue weighted by atomic mass is 16.4. The highest BCUT2D eigenvalue weighted by molar-refractivity contribution is 5.91. The molecule has 8 heteroatoms. The maximum absolute atomic E-state index is 12.6. The zero-order chi connectivity index (χ0) is 17.1. The summed E-state index contributed by atoms with van der Waals surface area (Å²) in [5.41, 5.74) is -0.143. The first-order chi connectivity index (χ1) is 11.6. The number of piperidine rings is 1. The Labute approximate surface area is 139 Å². The molecule has 130 valence electrons. The van der Waals surface area contributed by atoms with Crippen molar-refractivity contribution in [1.82, 2.24) is 25.0 Å². The van der Waals surface area contributed by atoms with Gasteiger partial charge < -0.3 is 15.1 Å². The maximum Gasteiger partial charge on any atom is 0.346 e. The van der Waals surface area contributed by atoms with E-state index in [2.05, 4.69) is 15.7 Å². The molecule has 0 bridgehead atoms. The number of carbonyl (C=O) groups is 1. The minimum absolute atomic E-state index is 0.143. The molecule has 1 atom stereocenters. The molecular formula is C16H23N5O3. The van der Waals surface area contributed by atoms with Gasteiger partial charge in [0, 0.05) is 26.1 Å². The fraction of sp³-hybridized carbons (Fsp3) is 0.562. The predicted molar refractivity (Wildman–Crippen MR) is 88.2 cm³/mol. The van der Waals surface area contributed by atoms with Gasteiger partial charge in [-0.15, -0.1) is 0 Å². The Bertz CT molecular complexity index is 767. The van der Waals surface area contributed by atoms with Crippen LogP contribution >= 0.6 is 0 Å². The number of aromatic nitrogens is 3. The predicted octanol–water partition coefficient (Wildman–Crippen LogP) is 0.533. The number of amides is 1. The van der Waals surface area contributed by atoms with E-state index in [4.69, 9.17) is 4.42 Å². The Morgan fingerprint density at radius 1 is 1.50 bits per heavy atom. The Morgan fingerprint density at radius 3 is 3.00 bits per heavy atom. The molecule has 2 aromatic rings. The van der Waals surface area contributed by atoms with Crippen LogP contribution in [0.15, 0.2) is 21.3 Å². The summed E-state index contributed by atoms with van der Waals surface area (Å²) < 4.78 is 8.63. The lowest BCUT2D eigenvalue weighted by atomic mass is 9.99. The normalized spacial score (nSPS) is 17.8. The molecule has 1 aliphatic heterocycles. The molecule has 3 rings (SSSR count). The third kappa shape index (κ3) is 3.14. The molecule has 1 fully saturated rings. The average Bonchev–Trinajstić information content (AvgIpc) is 3.20. The highest BCUT2D eigenvalue weighted by Gasteiger charge is 2.23. The molecule has 3 heterocycles. The molecule has 2 aromatic heterocycles. The molecule has 0 unspecified atom stereocenters. The Balaban J connectivity index is 1.85. The van der Waals surface area contributed by atoms with Crippen LogP contribution in [-0.4, -0.2) is 40.4 Å². The zero-order valence-corrected chi connectivity index (χ0v) is 14.0. The summed E-state index contributed by atoms with van der Waals surface area (Å²) in [6, 6.07) is 3.30. The molecule has 0 radical (unpaired) electrons. The van der Waals surface area contributed by atoms with Crippen molar-refractivity contribution in [1.29, 1.82) is 0 Å². The maximum atomic E-state index is 12.6. The smallest absolute Gasteiger partial charge is 0.346 e. The Morgan fingerprint density at radius 2 is 2.33 bits per heavy atom. The monoisotopic (exact) mass is 333 g/mol. The van der Waals surface area contributed by atoms with Crippen molar-refractivity contribution in [3.05, 3.63) is 40.0 Å². The van der Waals surface area contributed by atoms with Crippen molar-refractivity contribution >= 4 is 5.91 Å². The second-order valence-electron chi connectivity index (χ2n) is 5.93. The van der Waals surface area contributed by atoms with Gasteiger partial charge in [-0.05, 0) is 38.4 Å². The number of rotatable bonds is 5. The van der Waals surface area contributed by atoms with Gasteiger partial charge in [0.05, 0.1) is 0 Å². The van der Waals surface area contributed by atoms with E-state index < -0.39 is 0 Å². The minimum atomic E-state index is -0.290. The SMILES string of the molecule is CCn1c([C@@H]2CCCNC2)nn(Cc2ccc(C(=O)NC)o2)c1=O. The van der Waals surface area contributed by atoms with Gasteiger partial charge in [0.15, 0.2) is 5.76 Å². The number of nitrogens with zero attached hydrogens (tertiary/aromatic N) is 3. The second-order valence-corrected chi connectivity index (χ2v) is 5.93. The second kappa shape index (κ2) is 7.04. The molecule has 0 spiro atoms. The van der Waals surface area contributed by atoms with Crippen LogP contribution in [0.2, 0.25) is 0 Å². The summed E-state index contributed by atoms with van der Waals surface area (Å²) in [6.07, 6.45) is 2.12. The van der Waals surface area contributed by atoms with Crippen LogP contribution in [0.4, 0.5) is 0 Å². The van der Waals surface area contributed by atoms with Gasteiger partial charge in [-0.2, -0.15) is 5.10 Å². The molecule has 1 aliphatic rings.